The Hall–Kier alpha value is -0.470. The van der Waals surface area contributed by atoms with Gasteiger partial charge in [0.25, 0.3) is 0 Å². The molecule has 0 saturated heterocycles. The van der Waals surface area contributed by atoms with Crippen LogP contribution in [0.4, 0.5) is 0 Å². The monoisotopic (exact) mass is 157 g/mol. The number of aromatic nitrogens is 1. The molecule has 0 N–H and O–H groups in total. The fourth-order valence-electron chi connectivity index (χ4n) is 0.483. The van der Waals surface area contributed by atoms with Gasteiger partial charge in [-0.05, 0) is 12.1 Å². The van der Waals surface area contributed by atoms with Crippen LogP contribution in [0.1, 0.15) is 5.56 Å². The molecule has 0 fully saturated rings. The molecule has 1 nitrogen and oxygen atoms in total. The standard InChI is InChI=1S/C6H4ClNS/c7-6(9)5-1-3-8-4-2-5/h1-4H. The number of thiocarbonyl (C=S) groups is 1. The summed E-state index contributed by atoms with van der Waals surface area (Å²) in [5.41, 5.74) is 0.849. The van der Waals surface area contributed by atoms with Crippen molar-refractivity contribution in [1.82, 2.24) is 4.98 Å². The van der Waals surface area contributed by atoms with Gasteiger partial charge < -0.3 is 0 Å². The Kier molecular flexibility index (Phi) is 2.14. The Morgan fingerprint density at radius 3 is 2.33 bits per heavy atom. The van der Waals surface area contributed by atoms with Crippen molar-refractivity contribution in [3.63, 3.8) is 0 Å². The summed E-state index contributed by atoms with van der Waals surface area (Å²) in [6.07, 6.45) is 3.31. The predicted octanol–water partition coefficient (Wildman–Crippen LogP) is 2.00. The van der Waals surface area contributed by atoms with Gasteiger partial charge in [-0.1, -0.05) is 23.8 Å². The second-order valence-corrected chi connectivity index (χ2v) is 2.52. The van der Waals surface area contributed by atoms with Crippen LogP contribution in [0.25, 0.3) is 0 Å². The molecule has 0 radical (unpaired) electrons. The fraction of sp³-hybridized carbons (Fsp3) is 0. The topological polar surface area (TPSA) is 12.9 Å². The van der Waals surface area contributed by atoms with E-state index in [1.807, 2.05) is 0 Å². The van der Waals surface area contributed by atoms with E-state index in [-0.39, 0.29) is 0 Å². The van der Waals surface area contributed by atoms with Gasteiger partial charge in [-0.3, -0.25) is 4.98 Å². The largest absolute Gasteiger partial charge is 0.265 e. The van der Waals surface area contributed by atoms with Crippen molar-refractivity contribution in [3.8, 4) is 0 Å². The summed E-state index contributed by atoms with van der Waals surface area (Å²) in [4.78, 5) is 3.81. The molecule has 1 aromatic heterocycles. The van der Waals surface area contributed by atoms with Gasteiger partial charge >= 0.3 is 0 Å². The first-order chi connectivity index (χ1) is 4.30. The van der Waals surface area contributed by atoms with Crippen LogP contribution in [0, 0.1) is 0 Å². The predicted molar refractivity (Wildman–Crippen MR) is 41.8 cm³/mol. The first-order valence-corrected chi connectivity index (χ1v) is 3.19. The highest BCUT2D eigenvalue weighted by atomic mass is 35.5. The first kappa shape index (κ1) is 6.65. The van der Waals surface area contributed by atoms with E-state index in [4.69, 9.17) is 23.8 Å². The lowest BCUT2D eigenvalue weighted by molar-refractivity contribution is 1.33. The summed E-state index contributed by atoms with van der Waals surface area (Å²) < 4.78 is 0.386. The maximum absolute atomic E-state index is 5.51. The molecule has 0 saturated carbocycles. The van der Waals surface area contributed by atoms with Gasteiger partial charge in [0.2, 0.25) is 0 Å². The van der Waals surface area contributed by atoms with Gasteiger partial charge in [0.05, 0.1) is 0 Å². The van der Waals surface area contributed by atoms with Crippen molar-refractivity contribution in [2.45, 2.75) is 0 Å². The maximum atomic E-state index is 5.51. The minimum Gasteiger partial charge on any atom is -0.265 e. The Morgan fingerprint density at radius 2 is 2.00 bits per heavy atom. The molecule has 0 aliphatic heterocycles. The van der Waals surface area contributed by atoms with Crippen LogP contribution in [-0.2, 0) is 0 Å². The van der Waals surface area contributed by atoms with Crippen molar-refractivity contribution in [2.24, 2.45) is 0 Å². The Balaban J connectivity index is 2.98. The molecule has 3 heteroatoms. The number of hydrogen-bond acceptors (Lipinski definition) is 2. The molecule has 0 atom stereocenters. The zero-order chi connectivity index (χ0) is 6.69. The Labute approximate surface area is 63.7 Å². The molecule has 0 unspecified atom stereocenters. The second kappa shape index (κ2) is 2.90. The van der Waals surface area contributed by atoms with Gasteiger partial charge in [-0.25, -0.2) is 0 Å². The summed E-state index contributed by atoms with van der Waals surface area (Å²) in [5, 5.41) is 0. The third-order valence-corrected chi connectivity index (χ3v) is 1.36. The van der Waals surface area contributed by atoms with E-state index in [1.165, 1.54) is 0 Å². The molecule has 1 rings (SSSR count). The van der Waals surface area contributed by atoms with Gasteiger partial charge in [0.1, 0.15) is 4.32 Å². The van der Waals surface area contributed by atoms with Gasteiger partial charge in [-0.2, -0.15) is 0 Å². The molecular formula is C6H4ClNS. The quantitative estimate of drug-likeness (QED) is 0.457. The Bertz CT molecular complexity index is 210. The van der Waals surface area contributed by atoms with E-state index in [9.17, 15) is 0 Å². The van der Waals surface area contributed by atoms with Gasteiger partial charge in [-0.15, -0.1) is 0 Å². The van der Waals surface area contributed by atoms with E-state index in [0.29, 0.717) is 4.32 Å². The summed E-state index contributed by atoms with van der Waals surface area (Å²) in [6.45, 7) is 0. The van der Waals surface area contributed by atoms with E-state index >= 15 is 0 Å². The number of nitrogens with zero attached hydrogens (tertiary/aromatic N) is 1. The zero-order valence-corrected chi connectivity index (χ0v) is 6.12. The molecule has 0 amide bonds. The lowest BCUT2D eigenvalue weighted by Gasteiger charge is -1.89. The number of pyridine rings is 1. The third-order valence-electron chi connectivity index (χ3n) is 0.907. The van der Waals surface area contributed by atoms with E-state index in [0.717, 1.165) is 5.56 Å². The third kappa shape index (κ3) is 1.73. The molecule has 0 bridgehead atoms. The van der Waals surface area contributed by atoms with Crippen LogP contribution in [0.3, 0.4) is 0 Å². The fourth-order valence-corrected chi connectivity index (χ4v) is 0.745. The highest BCUT2D eigenvalue weighted by Crippen LogP contribution is 2.01. The average molecular weight is 158 g/mol. The molecule has 1 heterocycles. The van der Waals surface area contributed by atoms with E-state index in [2.05, 4.69) is 4.98 Å². The SMILES string of the molecule is S=C(Cl)c1ccncc1. The molecule has 0 spiro atoms. The number of hydrogen-bond donors (Lipinski definition) is 0. The zero-order valence-electron chi connectivity index (χ0n) is 4.54. The van der Waals surface area contributed by atoms with E-state index < -0.39 is 0 Å². The van der Waals surface area contributed by atoms with Gasteiger partial charge in [0.15, 0.2) is 0 Å². The highest BCUT2D eigenvalue weighted by Gasteiger charge is 1.91. The normalized spacial score (nSPS) is 9.00. The highest BCUT2D eigenvalue weighted by molar-refractivity contribution is 7.83. The molecular weight excluding hydrogens is 154 g/mol. The molecule has 0 aromatic carbocycles. The lowest BCUT2D eigenvalue weighted by Crippen LogP contribution is -1.84. The van der Waals surface area contributed by atoms with Crippen molar-refractivity contribution in [3.05, 3.63) is 30.1 Å². The van der Waals surface area contributed by atoms with E-state index in [1.54, 1.807) is 24.5 Å². The van der Waals surface area contributed by atoms with Crippen molar-refractivity contribution in [1.29, 1.82) is 0 Å². The van der Waals surface area contributed by atoms with Crippen LogP contribution < -0.4 is 0 Å². The van der Waals surface area contributed by atoms with Gasteiger partial charge in [0, 0.05) is 18.0 Å². The Morgan fingerprint density at radius 1 is 1.44 bits per heavy atom. The van der Waals surface area contributed by atoms with Crippen LogP contribution in [0.15, 0.2) is 24.5 Å². The smallest absolute Gasteiger partial charge is 0.111 e. The summed E-state index contributed by atoms with van der Waals surface area (Å²) in [6, 6.07) is 3.55. The minimum atomic E-state index is 0.386. The van der Waals surface area contributed by atoms with Crippen LogP contribution in [-0.4, -0.2) is 9.31 Å². The van der Waals surface area contributed by atoms with Crippen LogP contribution in [0.2, 0.25) is 0 Å². The summed E-state index contributed by atoms with van der Waals surface area (Å²) in [7, 11) is 0. The lowest BCUT2D eigenvalue weighted by atomic mass is 10.3. The summed E-state index contributed by atoms with van der Waals surface area (Å²) in [5.74, 6) is 0. The van der Waals surface area contributed by atoms with Crippen molar-refractivity contribution < 1.29 is 0 Å². The first-order valence-electron chi connectivity index (χ1n) is 2.40. The molecule has 0 aliphatic carbocycles. The van der Waals surface area contributed by atoms with Crippen LogP contribution >= 0.6 is 23.8 Å². The molecule has 46 valence electrons. The number of halogens is 1. The summed E-state index contributed by atoms with van der Waals surface area (Å²) >= 11 is 10.2. The average Bonchev–Trinajstić information content (AvgIpc) is 1.90. The van der Waals surface area contributed by atoms with Crippen molar-refractivity contribution in [2.75, 3.05) is 0 Å². The second-order valence-electron chi connectivity index (χ2n) is 1.51. The van der Waals surface area contributed by atoms with Crippen molar-refractivity contribution >= 4 is 28.1 Å². The number of rotatable bonds is 1. The molecule has 1 aromatic rings. The molecule has 9 heavy (non-hydrogen) atoms. The molecule has 0 aliphatic rings. The van der Waals surface area contributed by atoms with Crippen LogP contribution in [0.5, 0.6) is 0 Å². The minimum absolute atomic E-state index is 0.386. The maximum Gasteiger partial charge on any atom is 0.111 e.